The fraction of sp³-hybridized carbons (Fsp3) is 0.273. The zero-order chi connectivity index (χ0) is 13.1. The summed E-state index contributed by atoms with van der Waals surface area (Å²) < 4.78 is 9.62. The number of carbonyl (C=O) groups excluding carboxylic acids is 2. The third-order valence-corrected chi connectivity index (χ3v) is 2.68. The predicted molar refractivity (Wildman–Crippen MR) is 64.6 cm³/mol. The molecule has 0 aromatic heterocycles. The van der Waals surface area contributed by atoms with Crippen molar-refractivity contribution in [3.05, 3.63) is 29.3 Å². The highest BCUT2D eigenvalue weighted by molar-refractivity contribution is 6.30. The van der Waals surface area contributed by atoms with Crippen molar-refractivity contribution in [2.45, 2.75) is 6.10 Å². The molecule has 96 valence electrons. The van der Waals surface area contributed by atoms with E-state index in [0.717, 1.165) is 0 Å². The van der Waals surface area contributed by atoms with Crippen LogP contribution < -0.4 is 10.6 Å². The molecule has 6 nitrogen and oxygen atoms in total. The van der Waals surface area contributed by atoms with Gasteiger partial charge < -0.3 is 15.2 Å². The summed E-state index contributed by atoms with van der Waals surface area (Å²) in [6.07, 6.45) is -1.90. The number of halogens is 1. The zero-order valence-electron chi connectivity index (χ0n) is 9.34. The number of nitrogens with zero attached hydrogens (tertiary/aromatic N) is 1. The summed E-state index contributed by atoms with van der Waals surface area (Å²) in [4.78, 5) is 23.5. The van der Waals surface area contributed by atoms with Gasteiger partial charge in [-0.3, -0.25) is 4.90 Å². The van der Waals surface area contributed by atoms with Gasteiger partial charge in [0.1, 0.15) is 6.61 Å². The molecule has 1 aromatic rings. The van der Waals surface area contributed by atoms with Crippen molar-refractivity contribution >= 4 is 29.5 Å². The maximum atomic E-state index is 11.6. The molecule has 7 heteroatoms. The van der Waals surface area contributed by atoms with Crippen LogP contribution in [0.5, 0.6) is 0 Å². The molecule has 1 atom stereocenters. The van der Waals surface area contributed by atoms with Crippen molar-refractivity contribution in [2.75, 3.05) is 18.1 Å². The fourth-order valence-corrected chi connectivity index (χ4v) is 1.74. The Hall–Kier alpha value is -1.95. The van der Waals surface area contributed by atoms with E-state index in [9.17, 15) is 9.59 Å². The van der Waals surface area contributed by atoms with Crippen LogP contribution in [0.2, 0.25) is 5.02 Å². The molecule has 1 aliphatic heterocycles. The highest BCUT2D eigenvalue weighted by Gasteiger charge is 2.32. The lowest BCUT2D eigenvalue weighted by molar-refractivity contribution is 0.0779. The number of primary amides is 1. The first-order valence-electron chi connectivity index (χ1n) is 5.22. The van der Waals surface area contributed by atoms with Gasteiger partial charge >= 0.3 is 12.2 Å². The number of cyclic esters (lactones) is 1. The lowest BCUT2D eigenvalue weighted by atomic mass is 10.3. The van der Waals surface area contributed by atoms with Crippen LogP contribution in [-0.2, 0) is 9.47 Å². The average molecular weight is 271 g/mol. The molecule has 0 bridgehead atoms. The second-order valence-electron chi connectivity index (χ2n) is 3.72. The van der Waals surface area contributed by atoms with E-state index in [4.69, 9.17) is 22.1 Å². The number of rotatable bonds is 3. The summed E-state index contributed by atoms with van der Waals surface area (Å²) in [6.45, 7) is 0.249. The third-order valence-electron chi connectivity index (χ3n) is 2.42. The first-order valence-corrected chi connectivity index (χ1v) is 5.60. The molecule has 1 heterocycles. The third kappa shape index (κ3) is 2.84. The van der Waals surface area contributed by atoms with E-state index >= 15 is 0 Å². The van der Waals surface area contributed by atoms with Crippen LogP contribution in [-0.4, -0.2) is 31.4 Å². The van der Waals surface area contributed by atoms with E-state index in [1.807, 2.05) is 0 Å². The molecular weight excluding hydrogens is 260 g/mol. The Kier molecular flexibility index (Phi) is 3.57. The first kappa shape index (κ1) is 12.5. The molecule has 1 aromatic carbocycles. The molecule has 0 radical (unpaired) electrons. The summed E-state index contributed by atoms with van der Waals surface area (Å²) in [5.74, 6) is 0. The number of carbonyl (C=O) groups is 2. The minimum atomic E-state index is -0.893. The Morgan fingerprint density at radius 2 is 2.17 bits per heavy atom. The Morgan fingerprint density at radius 1 is 1.50 bits per heavy atom. The van der Waals surface area contributed by atoms with Gasteiger partial charge in [0.05, 0.1) is 6.54 Å². The molecule has 0 saturated carbocycles. The van der Waals surface area contributed by atoms with E-state index in [1.54, 1.807) is 24.3 Å². The largest absolute Gasteiger partial charge is 0.446 e. The van der Waals surface area contributed by atoms with Crippen molar-refractivity contribution in [2.24, 2.45) is 5.73 Å². The Bertz CT molecular complexity index is 463. The minimum Gasteiger partial charge on any atom is -0.446 e. The van der Waals surface area contributed by atoms with Gasteiger partial charge in [-0.25, -0.2) is 9.59 Å². The monoisotopic (exact) mass is 270 g/mol. The van der Waals surface area contributed by atoms with Gasteiger partial charge in [0, 0.05) is 10.7 Å². The van der Waals surface area contributed by atoms with Gasteiger partial charge in [0.15, 0.2) is 6.10 Å². The number of amides is 2. The van der Waals surface area contributed by atoms with Crippen LogP contribution in [0.15, 0.2) is 24.3 Å². The Labute approximate surface area is 108 Å². The molecule has 18 heavy (non-hydrogen) atoms. The summed E-state index contributed by atoms with van der Waals surface area (Å²) in [5, 5.41) is 0.583. The normalized spacial score (nSPS) is 18.6. The molecule has 0 aliphatic carbocycles. The van der Waals surface area contributed by atoms with Gasteiger partial charge in [-0.15, -0.1) is 0 Å². The topological polar surface area (TPSA) is 81.9 Å². The number of hydrogen-bond donors (Lipinski definition) is 1. The molecule has 1 fully saturated rings. The lowest BCUT2D eigenvalue weighted by Crippen LogP contribution is -2.27. The van der Waals surface area contributed by atoms with E-state index < -0.39 is 18.3 Å². The highest BCUT2D eigenvalue weighted by Crippen LogP contribution is 2.23. The molecule has 0 spiro atoms. The summed E-state index contributed by atoms with van der Waals surface area (Å²) >= 11 is 5.76. The van der Waals surface area contributed by atoms with E-state index in [0.29, 0.717) is 17.3 Å². The summed E-state index contributed by atoms with van der Waals surface area (Å²) in [7, 11) is 0. The maximum Gasteiger partial charge on any atom is 0.414 e. The summed E-state index contributed by atoms with van der Waals surface area (Å²) in [5.41, 5.74) is 5.51. The number of ether oxygens (including phenoxy) is 2. The van der Waals surface area contributed by atoms with E-state index in [-0.39, 0.29) is 6.61 Å². The molecular formula is C11H11ClN2O4. The molecule has 2 rings (SSSR count). The maximum absolute atomic E-state index is 11.6. The first-order chi connectivity index (χ1) is 8.56. The van der Waals surface area contributed by atoms with Crippen molar-refractivity contribution in [3.8, 4) is 0 Å². The average Bonchev–Trinajstić information content (AvgIpc) is 2.69. The van der Waals surface area contributed by atoms with Crippen molar-refractivity contribution in [1.82, 2.24) is 0 Å². The van der Waals surface area contributed by atoms with Crippen LogP contribution in [0, 0.1) is 0 Å². The van der Waals surface area contributed by atoms with Crippen LogP contribution in [0.25, 0.3) is 0 Å². The van der Waals surface area contributed by atoms with Gasteiger partial charge in [0.2, 0.25) is 0 Å². The molecule has 1 aliphatic rings. The zero-order valence-corrected chi connectivity index (χ0v) is 10.1. The van der Waals surface area contributed by atoms with Crippen molar-refractivity contribution in [3.63, 3.8) is 0 Å². The number of anilines is 1. The minimum absolute atomic E-state index is 0.0504. The van der Waals surface area contributed by atoms with E-state index in [2.05, 4.69) is 4.74 Å². The number of benzene rings is 1. The van der Waals surface area contributed by atoms with Gasteiger partial charge in [-0.1, -0.05) is 11.6 Å². The van der Waals surface area contributed by atoms with Crippen LogP contribution >= 0.6 is 11.6 Å². The quantitative estimate of drug-likeness (QED) is 0.907. The second kappa shape index (κ2) is 5.14. The molecule has 2 amide bonds. The smallest absolute Gasteiger partial charge is 0.414 e. The Balaban J connectivity index is 2.00. The lowest BCUT2D eigenvalue weighted by Gasteiger charge is -2.12. The number of hydrogen-bond acceptors (Lipinski definition) is 4. The van der Waals surface area contributed by atoms with Crippen LogP contribution in [0.4, 0.5) is 15.3 Å². The van der Waals surface area contributed by atoms with Gasteiger partial charge in [-0.05, 0) is 24.3 Å². The Morgan fingerprint density at radius 3 is 2.78 bits per heavy atom. The molecule has 2 N–H and O–H groups in total. The fourth-order valence-electron chi connectivity index (χ4n) is 1.62. The van der Waals surface area contributed by atoms with Crippen LogP contribution in [0.3, 0.4) is 0 Å². The van der Waals surface area contributed by atoms with Crippen molar-refractivity contribution in [1.29, 1.82) is 0 Å². The van der Waals surface area contributed by atoms with Gasteiger partial charge in [-0.2, -0.15) is 0 Å². The molecule has 1 saturated heterocycles. The highest BCUT2D eigenvalue weighted by atomic mass is 35.5. The summed E-state index contributed by atoms with van der Waals surface area (Å²) in [6, 6.07) is 6.77. The van der Waals surface area contributed by atoms with Crippen molar-refractivity contribution < 1.29 is 19.1 Å². The number of nitrogens with two attached hydrogens (primary N) is 1. The second-order valence-corrected chi connectivity index (χ2v) is 4.16. The predicted octanol–water partition coefficient (Wildman–Crippen LogP) is 1.76. The van der Waals surface area contributed by atoms with Crippen LogP contribution in [0.1, 0.15) is 0 Å². The standard InChI is InChI=1S/C11H11ClN2O4/c12-7-1-3-8(4-2-7)14-5-9(18-11(14)16)6-17-10(13)15/h1-4,9H,5-6H2,(H2,13,15). The molecule has 1 unspecified atom stereocenters. The SMILES string of the molecule is NC(=O)OCC1CN(c2ccc(Cl)cc2)C(=O)O1. The van der Waals surface area contributed by atoms with Gasteiger partial charge in [0.25, 0.3) is 0 Å². The van der Waals surface area contributed by atoms with E-state index in [1.165, 1.54) is 4.90 Å².